The topological polar surface area (TPSA) is 75.1 Å². The second-order valence-electron chi connectivity index (χ2n) is 5.24. The average Bonchev–Trinajstić information content (AvgIpc) is 2.63. The van der Waals surface area contributed by atoms with Crippen LogP contribution >= 0.6 is 15.9 Å². The number of rotatable bonds is 5. The number of anilines is 2. The molecule has 6 heteroatoms. The lowest BCUT2D eigenvalue weighted by Crippen LogP contribution is -1.98. The Hall–Kier alpha value is -2.99. The summed E-state index contributed by atoms with van der Waals surface area (Å²) < 4.78 is 1.04. The molecule has 0 aliphatic carbocycles. The van der Waals surface area contributed by atoms with Crippen LogP contribution in [0.3, 0.4) is 0 Å². The maximum atomic E-state index is 10.8. The van der Waals surface area contributed by atoms with Crippen LogP contribution in [0.2, 0.25) is 0 Å². The van der Waals surface area contributed by atoms with Gasteiger partial charge in [0.25, 0.3) is 0 Å². The monoisotopic (exact) mass is 395 g/mol. The lowest BCUT2D eigenvalue weighted by Gasteiger charge is -2.05. The fraction of sp³-hybridized carbons (Fsp3) is 0. The highest BCUT2D eigenvalue weighted by Gasteiger charge is 2.02. The van der Waals surface area contributed by atoms with Crippen molar-refractivity contribution in [2.75, 3.05) is 5.32 Å². The van der Waals surface area contributed by atoms with Gasteiger partial charge in [0.2, 0.25) is 0 Å². The third kappa shape index (κ3) is 4.74. The van der Waals surface area contributed by atoms with Crippen LogP contribution in [-0.4, -0.2) is 21.3 Å². The number of nitrogens with zero attached hydrogens (tertiary/aromatic N) is 2. The van der Waals surface area contributed by atoms with E-state index in [4.69, 9.17) is 5.11 Å². The van der Waals surface area contributed by atoms with Gasteiger partial charge >= 0.3 is 5.97 Å². The highest BCUT2D eigenvalue weighted by atomic mass is 79.9. The molecule has 2 aromatic carbocycles. The lowest BCUT2D eigenvalue weighted by molar-refractivity contribution is 0.0697. The van der Waals surface area contributed by atoms with E-state index in [1.54, 1.807) is 12.1 Å². The van der Waals surface area contributed by atoms with Gasteiger partial charge in [0, 0.05) is 10.2 Å². The number of hydrogen-bond acceptors (Lipinski definition) is 4. The van der Waals surface area contributed by atoms with E-state index in [1.807, 2.05) is 48.6 Å². The Kier molecular flexibility index (Phi) is 5.20. The molecule has 0 spiro atoms. The zero-order chi connectivity index (χ0) is 17.6. The van der Waals surface area contributed by atoms with Crippen molar-refractivity contribution in [3.8, 4) is 0 Å². The lowest BCUT2D eigenvalue weighted by atomic mass is 10.2. The summed E-state index contributed by atoms with van der Waals surface area (Å²) in [6.07, 6.45) is 3.86. The van der Waals surface area contributed by atoms with E-state index in [1.165, 1.54) is 12.1 Å². The van der Waals surface area contributed by atoms with Gasteiger partial charge in [0.05, 0.1) is 11.3 Å². The number of aromatic carboxylic acids is 1. The number of hydrogen-bond donors (Lipinski definition) is 2. The normalized spacial score (nSPS) is 10.8. The molecule has 0 aliphatic rings. The molecule has 1 heterocycles. The van der Waals surface area contributed by atoms with E-state index < -0.39 is 5.97 Å². The van der Waals surface area contributed by atoms with Crippen LogP contribution in [0.1, 0.15) is 21.6 Å². The molecular weight excluding hydrogens is 382 g/mol. The molecule has 25 heavy (non-hydrogen) atoms. The van der Waals surface area contributed by atoms with Crippen LogP contribution in [-0.2, 0) is 0 Å². The molecule has 0 amide bonds. The van der Waals surface area contributed by atoms with Gasteiger partial charge in [-0.2, -0.15) is 0 Å². The van der Waals surface area contributed by atoms with Crippen molar-refractivity contribution in [3.05, 3.63) is 82.0 Å². The minimum Gasteiger partial charge on any atom is -0.478 e. The second kappa shape index (κ2) is 7.72. The number of halogens is 1. The van der Waals surface area contributed by atoms with Crippen LogP contribution in [0.15, 0.2) is 65.1 Å². The zero-order valence-electron chi connectivity index (χ0n) is 13.1. The molecule has 0 saturated carbocycles. The summed E-state index contributed by atoms with van der Waals surface area (Å²) in [6, 6.07) is 18.1. The quantitative estimate of drug-likeness (QED) is 0.645. The molecule has 0 atom stereocenters. The van der Waals surface area contributed by atoms with E-state index in [-0.39, 0.29) is 5.56 Å². The van der Waals surface area contributed by atoms with Gasteiger partial charge in [-0.3, -0.25) is 0 Å². The van der Waals surface area contributed by atoms with Gasteiger partial charge in [-0.15, -0.1) is 10.2 Å². The van der Waals surface area contributed by atoms with Crippen LogP contribution in [0, 0.1) is 0 Å². The molecule has 124 valence electrons. The van der Waals surface area contributed by atoms with Crippen molar-refractivity contribution < 1.29 is 9.90 Å². The molecule has 0 radical (unpaired) electrons. The Balaban J connectivity index is 1.65. The molecular formula is C19H14BrN3O2. The molecule has 3 aromatic rings. The molecule has 0 saturated heterocycles. The standard InChI is InChI=1S/C19H14BrN3O2/c20-15-6-1-13(2-7-15)3-8-17-11-12-18(23-22-17)21-16-9-4-14(5-10-16)19(24)25/h1-12H,(H,21,23)(H,24,25). The first-order chi connectivity index (χ1) is 12.1. The Bertz CT molecular complexity index is 889. The molecule has 0 aliphatic heterocycles. The highest BCUT2D eigenvalue weighted by Crippen LogP contribution is 2.16. The van der Waals surface area contributed by atoms with Gasteiger partial charge in [-0.25, -0.2) is 4.79 Å². The van der Waals surface area contributed by atoms with Crippen LogP contribution in [0.4, 0.5) is 11.5 Å². The van der Waals surface area contributed by atoms with Gasteiger partial charge in [-0.1, -0.05) is 34.1 Å². The predicted octanol–water partition coefficient (Wildman–Crippen LogP) is 4.85. The summed E-state index contributed by atoms with van der Waals surface area (Å²) in [6.45, 7) is 0. The zero-order valence-corrected chi connectivity index (χ0v) is 14.6. The van der Waals surface area contributed by atoms with Crippen molar-refractivity contribution in [3.63, 3.8) is 0 Å². The van der Waals surface area contributed by atoms with Crippen molar-refractivity contribution in [2.45, 2.75) is 0 Å². The van der Waals surface area contributed by atoms with E-state index in [2.05, 4.69) is 31.4 Å². The maximum absolute atomic E-state index is 10.8. The molecule has 1 aromatic heterocycles. The first kappa shape index (κ1) is 16.9. The van der Waals surface area contributed by atoms with E-state index in [0.29, 0.717) is 5.82 Å². The Morgan fingerprint density at radius 2 is 1.64 bits per heavy atom. The van der Waals surface area contributed by atoms with Gasteiger partial charge in [0.15, 0.2) is 5.82 Å². The minimum absolute atomic E-state index is 0.241. The summed E-state index contributed by atoms with van der Waals surface area (Å²) >= 11 is 3.41. The summed E-state index contributed by atoms with van der Waals surface area (Å²) in [5.41, 5.74) is 2.81. The maximum Gasteiger partial charge on any atom is 0.335 e. The van der Waals surface area contributed by atoms with Gasteiger partial charge in [-0.05, 0) is 60.2 Å². The number of aromatic nitrogens is 2. The molecule has 0 unspecified atom stereocenters. The average molecular weight is 396 g/mol. The minimum atomic E-state index is -0.951. The SMILES string of the molecule is O=C(O)c1ccc(Nc2ccc(C=Cc3ccc(Br)cc3)nn2)cc1. The summed E-state index contributed by atoms with van der Waals surface area (Å²) in [4.78, 5) is 10.8. The fourth-order valence-electron chi connectivity index (χ4n) is 2.10. The van der Waals surface area contributed by atoms with Crippen molar-refractivity contribution in [1.29, 1.82) is 0 Å². The van der Waals surface area contributed by atoms with Crippen LogP contribution < -0.4 is 5.32 Å². The number of benzene rings is 2. The molecule has 5 nitrogen and oxygen atoms in total. The number of carboxylic acids is 1. The fourth-order valence-corrected chi connectivity index (χ4v) is 2.36. The second-order valence-corrected chi connectivity index (χ2v) is 6.15. The molecule has 3 rings (SSSR count). The first-order valence-corrected chi connectivity index (χ1v) is 8.27. The van der Waals surface area contributed by atoms with Gasteiger partial charge < -0.3 is 10.4 Å². The third-order valence-corrected chi connectivity index (χ3v) is 3.93. The van der Waals surface area contributed by atoms with Crippen molar-refractivity contribution in [1.82, 2.24) is 10.2 Å². The smallest absolute Gasteiger partial charge is 0.335 e. The summed E-state index contributed by atoms with van der Waals surface area (Å²) in [5.74, 6) is -0.364. The van der Waals surface area contributed by atoms with E-state index in [9.17, 15) is 4.79 Å². The van der Waals surface area contributed by atoms with E-state index >= 15 is 0 Å². The van der Waals surface area contributed by atoms with Crippen LogP contribution in [0.25, 0.3) is 12.2 Å². The molecule has 2 N–H and O–H groups in total. The van der Waals surface area contributed by atoms with Crippen molar-refractivity contribution in [2.24, 2.45) is 0 Å². The Morgan fingerprint density at radius 3 is 2.24 bits per heavy atom. The Labute approximate surface area is 153 Å². The molecule has 0 bridgehead atoms. The summed E-state index contributed by atoms with van der Waals surface area (Å²) in [7, 11) is 0. The largest absolute Gasteiger partial charge is 0.478 e. The van der Waals surface area contributed by atoms with Gasteiger partial charge in [0.1, 0.15) is 0 Å². The summed E-state index contributed by atoms with van der Waals surface area (Å²) in [5, 5.41) is 20.2. The van der Waals surface area contributed by atoms with E-state index in [0.717, 1.165) is 21.4 Å². The molecule has 0 fully saturated rings. The van der Waals surface area contributed by atoms with Crippen molar-refractivity contribution >= 4 is 45.6 Å². The Morgan fingerprint density at radius 1 is 0.920 bits per heavy atom. The highest BCUT2D eigenvalue weighted by molar-refractivity contribution is 9.10. The number of carboxylic acid groups (broad SMARTS) is 1. The number of nitrogens with one attached hydrogen (secondary N) is 1. The predicted molar refractivity (Wildman–Crippen MR) is 102 cm³/mol. The number of carbonyl (C=O) groups is 1. The first-order valence-electron chi connectivity index (χ1n) is 7.48. The third-order valence-electron chi connectivity index (χ3n) is 3.41. The van der Waals surface area contributed by atoms with Crippen LogP contribution in [0.5, 0.6) is 0 Å².